The van der Waals surface area contributed by atoms with Crippen LogP contribution in [0.2, 0.25) is 5.02 Å². The van der Waals surface area contributed by atoms with Gasteiger partial charge in [-0.15, -0.1) is 0 Å². The van der Waals surface area contributed by atoms with Crippen molar-refractivity contribution in [1.82, 2.24) is 4.57 Å². The fraction of sp³-hybridized carbons (Fsp3) is 0.167. The van der Waals surface area contributed by atoms with Crippen molar-refractivity contribution in [2.45, 2.75) is 25.7 Å². The molecule has 0 N–H and O–H groups in total. The summed E-state index contributed by atoms with van der Waals surface area (Å²) in [4.78, 5) is 40.5. The Bertz CT molecular complexity index is 1950. The third-order valence-corrected chi connectivity index (χ3v) is 7.72. The quantitative estimate of drug-likeness (QED) is 0.143. The Morgan fingerprint density at radius 2 is 1.84 bits per heavy atom. The van der Waals surface area contributed by atoms with Crippen LogP contribution in [0, 0.1) is 10.1 Å². The molecule has 2 heterocycles. The molecule has 0 saturated heterocycles. The van der Waals surface area contributed by atoms with Crippen LogP contribution in [-0.2, 0) is 16.1 Å². The normalized spacial score (nSPS) is 15.0. The van der Waals surface area contributed by atoms with Gasteiger partial charge in [0, 0.05) is 17.2 Å². The summed E-state index contributed by atoms with van der Waals surface area (Å²) in [5, 5.41) is 11.2. The van der Waals surface area contributed by atoms with E-state index < -0.39 is 39.9 Å². The van der Waals surface area contributed by atoms with Gasteiger partial charge in [0.25, 0.3) is 11.2 Å². The van der Waals surface area contributed by atoms with Gasteiger partial charge in [-0.1, -0.05) is 47.2 Å². The number of ether oxygens (including phenoxy) is 2. The monoisotopic (exact) mass is 643 g/mol. The number of benzene rings is 3. The standard InChI is InChI=1S/C30H21ClF3N3O6S/c1-2-42-28(39)24-25(19-8-10-20(31)11-9-19)36-27(38)23(44-29(36)35-26(24)30(32,33)34)15-18-4-3-5-22(14-18)43-16-17-6-12-21(13-7-17)37(40)41/h3-15,25H,2,16H2,1H3/b23-15-/t25-/m1/s1. The number of carbonyl (C=O) groups is 1. The first kappa shape index (κ1) is 30.7. The van der Waals surface area contributed by atoms with Crippen molar-refractivity contribution in [3.63, 3.8) is 0 Å². The molecule has 1 aliphatic rings. The molecule has 0 aliphatic carbocycles. The number of rotatable bonds is 8. The van der Waals surface area contributed by atoms with Crippen LogP contribution in [0.25, 0.3) is 6.08 Å². The second-order valence-electron chi connectivity index (χ2n) is 9.40. The summed E-state index contributed by atoms with van der Waals surface area (Å²) in [5.41, 5.74) is -1.54. The van der Waals surface area contributed by atoms with E-state index in [1.807, 2.05) is 0 Å². The summed E-state index contributed by atoms with van der Waals surface area (Å²) < 4.78 is 54.7. The van der Waals surface area contributed by atoms with Gasteiger partial charge in [0.15, 0.2) is 10.5 Å². The molecule has 4 aromatic rings. The lowest BCUT2D eigenvalue weighted by molar-refractivity contribution is -0.384. The summed E-state index contributed by atoms with van der Waals surface area (Å²) in [6.07, 6.45) is -3.53. The third-order valence-electron chi connectivity index (χ3n) is 6.49. The van der Waals surface area contributed by atoms with E-state index in [9.17, 15) is 32.9 Å². The number of carbonyl (C=O) groups excluding carboxylic acids is 1. The Kier molecular flexibility index (Phi) is 8.70. The van der Waals surface area contributed by atoms with E-state index in [0.717, 1.165) is 15.9 Å². The van der Waals surface area contributed by atoms with Crippen LogP contribution in [0.15, 0.2) is 93.9 Å². The van der Waals surface area contributed by atoms with Crippen LogP contribution in [-0.4, -0.2) is 28.2 Å². The highest BCUT2D eigenvalue weighted by atomic mass is 35.5. The van der Waals surface area contributed by atoms with E-state index in [4.69, 9.17) is 21.1 Å². The molecule has 0 amide bonds. The number of hydrogen-bond acceptors (Lipinski definition) is 8. The summed E-state index contributed by atoms with van der Waals surface area (Å²) in [5.74, 6) is -0.816. The largest absolute Gasteiger partial charge is 0.489 e. The second kappa shape index (κ2) is 12.5. The Hall–Kier alpha value is -4.75. The highest BCUT2D eigenvalue weighted by Gasteiger charge is 2.45. The number of alkyl halides is 3. The van der Waals surface area contributed by atoms with Gasteiger partial charge >= 0.3 is 12.1 Å². The number of allylic oxidation sites excluding steroid dienone is 1. The zero-order valence-electron chi connectivity index (χ0n) is 22.7. The predicted molar refractivity (Wildman–Crippen MR) is 156 cm³/mol. The van der Waals surface area contributed by atoms with Crippen molar-refractivity contribution in [2.75, 3.05) is 6.61 Å². The zero-order valence-corrected chi connectivity index (χ0v) is 24.3. The van der Waals surface area contributed by atoms with Gasteiger partial charge in [-0.2, -0.15) is 13.2 Å². The second-order valence-corrected chi connectivity index (χ2v) is 10.8. The van der Waals surface area contributed by atoms with E-state index >= 15 is 0 Å². The average molecular weight is 644 g/mol. The molecule has 9 nitrogen and oxygen atoms in total. The fourth-order valence-electron chi connectivity index (χ4n) is 4.53. The molecule has 0 radical (unpaired) electrons. The molecule has 44 heavy (non-hydrogen) atoms. The summed E-state index contributed by atoms with van der Waals surface area (Å²) in [7, 11) is 0. The molecule has 5 rings (SSSR count). The predicted octanol–water partition coefficient (Wildman–Crippen LogP) is 5.48. The number of fused-ring (bicyclic) bond motifs is 1. The molecule has 0 saturated carbocycles. The van der Waals surface area contributed by atoms with E-state index in [-0.39, 0.29) is 33.8 Å². The molecule has 14 heteroatoms. The van der Waals surface area contributed by atoms with Gasteiger partial charge in [0.1, 0.15) is 12.4 Å². The first-order valence-electron chi connectivity index (χ1n) is 13.0. The van der Waals surface area contributed by atoms with E-state index in [0.29, 0.717) is 21.9 Å². The lowest BCUT2D eigenvalue weighted by Gasteiger charge is -2.26. The lowest BCUT2D eigenvalue weighted by atomic mass is 9.95. The SMILES string of the molecule is CCOC(=O)C1=C(C(F)(F)F)N=c2s/c(=C\c3cccc(OCc4ccc([N+](=O)[O-])cc4)c3)c(=O)n2[C@@H]1c1ccc(Cl)cc1. The molecule has 1 aromatic heterocycles. The smallest absolute Gasteiger partial charge is 0.434 e. The van der Waals surface area contributed by atoms with Crippen LogP contribution < -0.4 is 19.6 Å². The number of nitro benzene ring substituents is 1. The third kappa shape index (κ3) is 6.43. The molecule has 0 fully saturated rings. The van der Waals surface area contributed by atoms with Crippen LogP contribution in [0.1, 0.15) is 29.7 Å². The lowest BCUT2D eigenvalue weighted by Crippen LogP contribution is -2.41. The van der Waals surface area contributed by atoms with Gasteiger partial charge in [-0.25, -0.2) is 9.79 Å². The van der Waals surface area contributed by atoms with Crippen molar-refractivity contribution < 1.29 is 32.4 Å². The van der Waals surface area contributed by atoms with Gasteiger partial charge in [-0.3, -0.25) is 19.5 Å². The van der Waals surface area contributed by atoms with Crippen LogP contribution in [0.4, 0.5) is 18.9 Å². The molecular formula is C30H21ClF3N3O6S. The molecule has 0 unspecified atom stereocenters. The summed E-state index contributed by atoms with van der Waals surface area (Å²) in [6, 6.07) is 16.8. The van der Waals surface area contributed by atoms with Gasteiger partial charge in [-0.05, 0) is 66.1 Å². The maximum Gasteiger partial charge on any atom is 0.434 e. The van der Waals surface area contributed by atoms with Crippen LogP contribution >= 0.6 is 22.9 Å². The Balaban J connectivity index is 1.56. The molecule has 226 valence electrons. The van der Waals surface area contributed by atoms with E-state index in [2.05, 4.69) is 4.99 Å². The average Bonchev–Trinajstić information content (AvgIpc) is 3.30. The highest BCUT2D eigenvalue weighted by molar-refractivity contribution is 7.07. The number of nitrogens with zero attached hydrogens (tertiary/aromatic N) is 3. The molecule has 0 spiro atoms. The first-order chi connectivity index (χ1) is 21.0. The molecule has 1 atom stereocenters. The first-order valence-corrected chi connectivity index (χ1v) is 14.2. The van der Waals surface area contributed by atoms with Crippen LogP contribution in [0.3, 0.4) is 0 Å². The van der Waals surface area contributed by atoms with Crippen molar-refractivity contribution in [1.29, 1.82) is 0 Å². The maximum atomic E-state index is 14.3. The van der Waals surface area contributed by atoms with Crippen molar-refractivity contribution >= 4 is 40.7 Å². The number of non-ortho nitro benzene ring substituents is 1. The Morgan fingerprint density at radius 3 is 2.48 bits per heavy atom. The molecule has 0 bridgehead atoms. The summed E-state index contributed by atoms with van der Waals surface area (Å²) >= 11 is 6.75. The number of esters is 1. The zero-order chi connectivity index (χ0) is 31.6. The number of nitro groups is 1. The van der Waals surface area contributed by atoms with Crippen LogP contribution in [0.5, 0.6) is 5.75 Å². The topological polar surface area (TPSA) is 113 Å². The Labute approximate surface area is 255 Å². The van der Waals surface area contributed by atoms with Crippen molar-refractivity contribution in [3.05, 3.63) is 136 Å². The highest BCUT2D eigenvalue weighted by Crippen LogP contribution is 2.38. The van der Waals surface area contributed by atoms with Gasteiger partial charge < -0.3 is 9.47 Å². The Morgan fingerprint density at radius 1 is 1.14 bits per heavy atom. The number of hydrogen-bond donors (Lipinski definition) is 0. The van der Waals surface area contributed by atoms with Gasteiger partial charge in [0.05, 0.1) is 27.7 Å². The molecule has 3 aromatic carbocycles. The minimum absolute atomic E-state index is 0.0488. The number of halogens is 4. The van der Waals surface area contributed by atoms with Crippen molar-refractivity contribution in [2.24, 2.45) is 4.99 Å². The van der Waals surface area contributed by atoms with E-state index in [1.165, 1.54) is 49.4 Å². The minimum atomic E-state index is -5.02. The van der Waals surface area contributed by atoms with E-state index in [1.54, 1.807) is 36.4 Å². The fourth-order valence-corrected chi connectivity index (χ4v) is 5.65. The molecular weight excluding hydrogens is 623 g/mol. The van der Waals surface area contributed by atoms with Gasteiger partial charge in [0.2, 0.25) is 0 Å². The van der Waals surface area contributed by atoms with Crippen molar-refractivity contribution in [3.8, 4) is 5.75 Å². The number of thiazole rings is 1. The summed E-state index contributed by atoms with van der Waals surface area (Å²) in [6.45, 7) is 1.39. The maximum absolute atomic E-state index is 14.3. The molecule has 1 aliphatic heterocycles. The minimum Gasteiger partial charge on any atom is -0.489 e. The number of aromatic nitrogens is 1.